The van der Waals surface area contributed by atoms with Crippen LogP contribution in [0.3, 0.4) is 0 Å². The highest BCUT2D eigenvalue weighted by Crippen LogP contribution is 2.19. The van der Waals surface area contributed by atoms with Gasteiger partial charge in [0.15, 0.2) is 5.84 Å². The largest absolute Gasteiger partial charge is 0.409 e. The number of aryl methyl sites for hydroxylation is 3. The Balaban J connectivity index is 2.15. The first-order valence-corrected chi connectivity index (χ1v) is 6.90. The molecule has 0 spiro atoms. The van der Waals surface area contributed by atoms with E-state index in [0.29, 0.717) is 0 Å². The van der Waals surface area contributed by atoms with Crippen molar-refractivity contribution in [1.82, 2.24) is 0 Å². The second-order valence-electron chi connectivity index (χ2n) is 5.30. The number of oxime groups is 1. The first-order chi connectivity index (χ1) is 10.0. The van der Waals surface area contributed by atoms with Crippen molar-refractivity contribution in [3.63, 3.8) is 0 Å². The molecule has 0 radical (unpaired) electrons. The van der Waals surface area contributed by atoms with Gasteiger partial charge in [-0.1, -0.05) is 29.4 Å². The number of amidine groups is 1. The summed E-state index contributed by atoms with van der Waals surface area (Å²) in [7, 11) is 0. The van der Waals surface area contributed by atoms with Crippen molar-refractivity contribution in [1.29, 1.82) is 0 Å². The van der Waals surface area contributed by atoms with Crippen molar-refractivity contribution in [3.8, 4) is 0 Å². The van der Waals surface area contributed by atoms with Gasteiger partial charge in [-0.05, 0) is 55.2 Å². The zero-order valence-corrected chi connectivity index (χ0v) is 12.6. The van der Waals surface area contributed by atoms with Crippen LogP contribution in [0.1, 0.15) is 27.8 Å². The lowest BCUT2D eigenvalue weighted by molar-refractivity contribution is 0.318. The molecule has 0 heterocycles. The Kier molecular flexibility index (Phi) is 4.48. The summed E-state index contributed by atoms with van der Waals surface area (Å²) in [5.41, 5.74) is 12.2. The predicted octanol–water partition coefficient (Wildman–Crippen LogP) is 3.32. The van der Waals surface area contributed by atoms with E-state index in [0.717, 1.165) is 23.4 Å². The second kappa shape index (κ2) is 6.31. The van der Waals surface area contributed by atoms with Crippen molar-refractivity contribution in [2.45, 2.75) is 27.3 Å². The molecular formula is C17H21N3O. The zero-order valence-electron chi connectivity index (χ0n) is 12.6. The summed E-state index contributed by atoms with van der Waals surface area (Å²) in [4.78, 5) is 0. The molecule has 2 rings (SSSR count). The average molecular weight is 283 g/mol. The van der Waals surface area contributed by atoms with Crippen LogP contribution in [0.4, 0.5) is 5.69 Å². The lowest BCUT2D eigenvalue weighted by Gasteiger charge is -2.13. The van der Waals surface area contributed by atoms with E-state index in [2.05, 4.69) is 42.5 Å². The van der Waals surface area contributed by atoms with Gasteiger partial charge in [-0.3, -0.25) is 0 Å². The van der Waals surface area contributed by atoms with Crippen LogP contribution in [-0.4, -0.2) is 11.0 Å². The Morgan fingerprint density at radius 2 is 1.86 bits per heavy atom. The Bertz CT molecular complexity index is 678. The van der Waals surface area contributed by atoms with Gasteiger partial charge in [0, 0.05) is 17.8 Å². The Morgan fingerprint density at radius 1 is 1.10 bits per heavy atom. The van der Waals surface area contributed by atoms with Gasteiger partial charge in [0.25, 0.3) is 0 Å². The minimum absolute atomic E-state index is 0.132. The molecule has 0 aromatic heterocycles. The molecule has 4 heteroatoms. The van der Waals surface area contributed by atoms with Crippen LogP contribution in [-0.2, 0) is 6.54 Å². The van der Waals surface area contributed by atoms with Gasteiger partial charge in [-0.2, -0.15) is 0 Å². The summed E-state index contributed by atoms with van der Waals surface area (Å²) < 4.78 is 0. The number of hydrogen-bond donors (Lipinski definition) is 3. The fraction of sp³-hybridized carbons (Fsp3) is 0.235. The molecule has 0 aliphatic heterocycles. The normalized spacial score (nSPS) is 11.5. The Labute approximate surface area is 125 Å². The number of benzene rings is 2. The third kappa shape index (κ3) is 3.54. The highest BCUT2D eigenvalue weighted by molar-refractivity contribution is 5.97. The maximum atomic E-state index is 8.71. The first-order valence-electron chi connectivity index (χ1n) is 6.90. The smallest absolute Gasteiger partial charge is 0.170 e. The van der Waals surface area contributed by atoms with Crippen LogP contribution in [0.2, 0.25) is 0 Å². The molecule has 0 saturated heterocycles. The molecule has 21 heavy (non-hydrogen) atoms. The lowest BCUT2D eigenvalue weighted by Crippen LogP contribution is -2.13. The van der Waals surface area contributed by atoms with E-state index in [-0.39, 0.29) is 5.84 Å². The number of hydrogen-bond acceptors (Lipinski definition) is 3. The summed E-state index contributed by atoms with van der Waals surface area (Å²) >= 11 is 0. The van der Waals surface area contributed by atoms with Gasteiger partial charge in [-0.15, -0.1) is 0 Å². The molecule has 0 aliphatic rings. The molecule has 4 N–H and O–H groups in total. The van der Waals surface area contributed by atoms with Crippen LogP contribution in [0.5, 0.6) is 0 Å². The van der Waals surface area contributed by atoms with Crippen molar-refractivity contribution in [2.24, 2.45) is 10.9 Å². The summed E-state index contributed by atoms with van der Waals surface area (Å²) in [6.45, 7) is 6.94. The van der Waals surface area contributed by atoms with E-state index in [1.807, 2.05) is 25.1 Å². The number of nitrogens with zero attached hydrogens (tertiary/aromatic N) is 1. The van der Waals surface area contributed by atoms with E-state index < -0.39 is 0 Å². The molecule has 0 unspecified atom stereocenters. The second-order valence-corrected chi connectivity index (χ2v) is 5.30. The van der Waals surface area contributed by atoms with Gasteiger partial charge < -0.3 is 16.3 Å². The molecule has 0 saturated carbocycles. The van der Waals surface area contributed by atoms with Crippen LogP contribution in [0.15, 0.2) is 41.6 Å². The standard InChI is InChI=1S/C17H21N3O/c1-11-4-5-12(2)16(8-11)19-10-15-7-6-14(9-13(15)3)17(18)20-21/h4-9,19,21H,10H2,1-3H3,(H2,18,20). The van der Waals surface area contributed by atoms with Crippen molar-refractivity contribution < 1.29 is 5.21 Å². The van der Waals surface area contributed by atoms with Crippen molar-refractivity contribution >= 4 is 11.5 Å². The molecule has 110 valence electrons. The van der Waals surface area contributed by atoms with Gasteiger partial charge in [0.05, 0.1) is 0 Å². The Morgan fingerprint density at radius 3 is 2.52 bits per heavy atom. The molecule has 0 aliphatic carbocycles. The maximum Gasteiger partial charge on any atom is 0.170 e. The topological polar surface area (TPSA) is 70.6 Å². The number of rotatable bonds is 4. The molecular weight excluding hydrogens is 262 g/mol. The first kappa shape index (κ1) is 14.9. The van der Waals surface area contributed by atoms with Crippen molar-refractivity contribution in [2.75, 3.05) is 5.32 Å². The predicted molar refractivity (Wildman–Crippen MR) is 86.9 cm³/mol. The molecule has 0 amide bonds. The highest BCUT2D eigenvalue weighted by Gasteiger charge is 2.05. The van der Waals surface area contributed by atoms with Crippen LogP contribution < -0.4 is 11.1 Å². The summed E-state index contributed by atoms with van der Waals surface area (Å²) in [6.07, 6.45) is 0. The SMILES string of the molecule is Cc1ccc(C)c(NCc2ccc(/C(N)=N/O)cc2C)c1. The number of nitrogens with one attached hydrogen (secondary N) is 1. The third-order valence-corrected chi connectivity index (χ3v) is 3.61. The quantitative estimate of drug-likeness (QED) is 0.349. The van der Waals surface area contributed by atoms with Crippen LogP contribution in [0, 0.1) is 20.8 Å². The number of nitrogens with two attached hydrogens (primary N) is 1. The molecule has 0 bridgehead atoms. The van der Waals surface area contributed by atoms with Crippen LogP contribution in [0.25, 0.3) is 0 Å². The van der Waals surface area contributed by atoms with E-state index in [9.17, 15) is 0 Å². The molecule has 0 fully saturated rings. The van der Waals surface area contributed by atoms with Gasteiger partial charge >= 0.3 is 0 Å². The van der Waals surface area contributed by atoms with Crippen LogP contribution >= 0.6 is 0 Å². The summed E-state index contributed by atoms with van der Waals surface area (Å²) in [5, 5.41) is 15.2. The van der Waals surface area contributed by atoms with Gasteiger partial charge in [-0.25, -0.2) is 0 Å². The fourth-order valence-electron chi connectivity index (χ4n) is 2.23. The number of anilines is 1. The zero-order chi connectivity index (χ0) is 15.4. The maximum absolute atomic E-state index is 8.71. The minimum Gasteiger partial charge on any atom is -0.409 e. The minimum atomic E-state index is 0.132. The fourth-order valence-corrected chi connectivity index (χ4v) is 2.23. The van der Waals surface area contributed by atoms with E-state index >= 15 is 0 Å². The third-order valence-electron chi connectivity index (χ3n) is 3.61. The van der Waals surface area contributed by atoms with Crippen molar-refractivity contribution in [3.05, 3.63) is 64.2 Å². The van der Waals surface area contributed by atoms with E-state index in [1.165, 1.54) is 16.7 Å². The summed E-state index contributed by atoms with van der Waals surface area (Å²) in [6, 6.07) is 12.2. The highest BCUT2D eigenvalue weighted by atomic mass is 16.4. The molecule has 2 aromatic carbocycles. The van der Waals surface area contributed by atoms with Gasteiger partial charge in [0.1, 0.15) is 0 Å². The van der Waals surface area contributed by atoms with E-state index in [4.69, 9.17) is 10.9 Å². The van der Waals surface area contributed by atoms with E-state index in [1.54, 1.807) is 0 Å². The molecule has 2 aromatic rings. The molecule has 4 nitrogen and oxygen atoms in total. The average Bonchev–Trinajstić information content (AvgIpc) is 2.48. The monoisotopic (exact) mass is 283 g/mol. The summed E-state index contributed by atoms with van der Waals surface area (Å²) in [5.74, 6) is 0.132. The van der Waals surface area contributed by atoms with Gasteiger partial charge in [0.2, 0.25) is 0 Å². The Hall–Kier alpha value is -2.49. The molecule has 0 atom stereocenters. The lowest BCUT2D eigenvalue weighted by atomic mass is 10.0.